The fourth-order valence-corrected chi connectivity index (χ4v) is 4.84. The number of carbonyl (C=O) groups is 2. The topological polar surface area (TPSA) is 123 Å². The molecule has 1 aromatic heterocycles. The number of aromatic nitrogens is 1. The van der Waals surface area contributed by atoms with E-state index < -0.39 is 71.9 Å². The molecule has 1 aliphatic rings. The average molecular weight is 559 g/mol. The van der Waals surface area contributed by atoms with E-state index in [1.54, 1.807) is 25.3 Å². The van der Waals surface area contributed by atoms with Crippen molar-refractivity contribution >= 4 is 29.2 Å². The number of halogens is 3. The van der Waals surface area contributed by atoms with Gasteiger partial charge in [-0.25, -0.2) is 4.98 Å². The lowest BCUT2D eigenvalue weighted by Crippen LogP contribution is -2.45. The number of allylic oxidation sites excluding steroid dienone is 2. The number of cyclic esters (lactones) is 1. The summed E-state index contributed by atoms with van der Waals surface area (Å²) in [5, 5.41) is 23.9. The maximum atomic E-state index is 13.8. The first-order chi connectivity index (χ1) is 17.6. The molecule has 0 saturated carbocycles. The van der Waals surface area contributed by atoms with Crippen LogP contribution in [0.15, 0.2) is 34.8 Å². The summed E-state index contributed by atoms with van der Waals surface area (Å²) in [6.07, 6.45) is -4.23. The lowest BCUT2D eigenvalue weighted by molar-refractivity contribution is -0.154. The highest BCUT2D eigenvalue weighted by atomic mass is 32.1. The zero-order valence-electron chi connectivity index (χ0n) is 22.3. The van der Waals surface area contributed by atoms with Crippen LogP contribution in [0.25, 0.3) is 6.08 Å². The molecule has 2 heterocycles. The fraction of sp³-hybridized carbons (Fsp3) is 0.593. The minimum absolute atomic E-state index is 0.238. The maximum Gasteiger partial charge on any atom is 0.412 e. The molecule has 0 spiro atoms. The third kappa shape index (κ3) is 8.33. The molecule has 212 valence electrons. The Bertz CT molecular complexity index is 1080. The molecule has 0 bridgehead atoms. The molecule has 0 saturated heterocycles. The second-order valence-electron chi connectivity index (χ2n) is 10.3. The lowest BCUT2D eigenvalue weighted by Gasteiger charge is -2.34. The molecule has 0 radical (unpaired) electrons. The van der Waals surface area contributed by atoms with E-state index in [-0.39, 0.29) is 13.0 Å². The van der Waals surface area contributed by atoms with E-state index >= 15 is 0 Å². The molecule has 1 aliphatic heterocycles. The molecule has 0 aromatic carbocycles. The van der Waals surface area contributed by atoms with Crippen LogP contribution in [0.5, 0.6) is 0 Å². The summed E-state index contributed by atoms with van der Waals surface area (Å²) in [6.45, 7) is 7.92. The van der Waals surface area contributed by atoms with Gasteiger partial charge in [0, 0.05) is 35.8 Å². The number of carbonyl (C=O) groups excluding carboxylic acids is 2. The second kappa shape index (κ2) is 13.1. The number of ether oxygens (including phenoxy) is 1. The van der Waals surface area contributed by atoms with E-state index in [1.165, 1.54) is 44.3 Å². The van der Waals surface area contributed by atoms with Crippen LogP contribution in [-0.2, 0) is 20.9 Å². The van der Waals surface area contributed by atoms with E-state index in [4.69, 9.17) is 10.5 Å². The Morgan fingerprint density at radius 1 is 1.29 bits per heavy atom. The number of nitrogens with zero attached hydrogens (tertiary/aromatic N) is 1. The summed E-state index contributed by atoms with van der Waals surface area (Å²) in [4.78, 5) is 30.3. The number of ketones is 1. The van der Waals surface area contributed by atoms with Crippen molar-refractivity contribution in [2.75, 3.05) is 0 Å². The lowest BCUT2D eigenvalue weighted by atomic mass is 9.73. The number of esters is 1. The molecule has 4 unspecified atom stereocenters. The Morgan fingerprint density at radius 3 is 2.53 bits per heavy atom. The zero-order chi connectivity index (χ0) is 28.8. The predicted molar refractivity (Wildman–Crippen MR) is 140 cm³/mol. The van der Waals surface area contributed by atoms with E-state index in [9.17, 15) is 33.0 Å². The van der Waals surface area contributed by atoms with E-state index in [2.05, 4.69) is 4.98 Å². The van der Waals surface area contributed by atoms with E-state index in [0.29, 0.717) is 16.3 Å². The third-order valence-electron chi connectivity index (χ3n) is 6.91. The number of alkyl halides is 3. The molecule has 5 atom stereocenters. The molecule has 1 aromatic rings. The van der Waals surface area contributed by atoms with Crippen LogP contribution in [0.1, 0.15) is 64.6 Å². The van der Waals surface area contributed by atoms with Crippen molar-refractivity contribution in [3.8, 4) is 0 Å². The van der Waals surface area contributed by atoms with Crippen LogP contribution in [0.4, 0.5) is 13.2 Å². The Kier molecular flexibility index (Phi) is 11.0. The van der Waals surface area contributed by atoms with Crippen LogP contribution >= 0.6 is 11.3 Å². The summed E-state index contributed by atoms with van der Waals surface area (Å²) in [5.41, 5.74) is 4.37. The summed E-state index contributed by atoms with van der Waals surface area (Å²) < 4.78 is 46.9. The number of rotatable bonds is 3. The summed E-state index contributed by atoms with van der Waals surface area (Å²) in [5.74, 6) is -2.90. The Labute approximate surface area is 225 Å². The highest BCUT2D eigenvalue weighted by Gasteiger charge is 2.42. The first-order valence-corrected chi connectivity index (χ1v) is 13.3. The number of nitrogens with two attached hydrogens (primary N) is 1. The molecule has 0 amide bonds. The number of aliphatic hydroxyl groups excluding tert-OH is 2. The highest BCUT2D eigenvalue weighted by Crippen LogP contribution is 2.33. The fourth-order valence-electron chi connectivity index (χ4n) is 4.21. The summed E-state index contributed by atoms with van der Waals surface area (Å²) in [6, 6.07) is 0. The van der Waals surface area contributed by atoms with Gasteiger partial charge >= 0.3 is 12.1 Å². The van der Waals surface area contributed by atoms with Gasteiger partial charge in [-0.2, -0.15) is 13.2 Å². The largest absolute Gasteiger partial charge is 0.457 e. The molecule has 11 heteroatoms. The van der Waals surface area contributed by atoms with Crippen molar-refractivity contribution < 1.29 is 37.7 Å². The van der Waals surface area contributed by atoms with Gasteiger partial charge in [0.1, 0.15) is 16.9 Å². The Hall–Kier alpha value is -2.34. The number of thiazole rings is 1. The van der Waals surface area contributed by atoms with Gasteiger partial charge in [-0.1, -0.05) is 45.9 Å². The molecule has 4 N–H and O–H groups in total. The monoisotopic (exact) mass is 558 g/mol. The first-order valence-electron chi connectivity index (χ1n) is 12.4. The van der Waals surface area contributed by atoms with Crippen LogP contribution in [0, 0.1) is 17.3 Å². The molecule has 2 rings (SSSR count). The molecule has 7 nitrogen and oxygen atoms in total. The normalized spacial score (nSPS) is 30.9. The SMILES string of the molecule is C/C(=C\c1csc(CN)n1)C1C/C=C(/C(F)(F)F)C/C=C/C(C)C(O)C(C)C(=O)C(C)(C)[C@@H](O)CC(=O)O1. The van der Waals surface area contributed by atoms with E-state index in [1.807, 2.05) is 0 Å². The molecular formula is C27H37F3N2O5S. The molecule has 0 fully saturated rings. The Morgan fingerprint density at radius 2 is 1.95 bits per heavy atom. The van der Waals surface area contributed by atoms with E-state index in [0.717, 1.165) is 6.08 Å². The van der Waals surface area contributed by atoms with Gasteiger partial charge in [0.25, 0.3) is 0 Å². The maximum absolute atomic E-state index is 13.8. The smallest absolute Gasteiger partial charge is 0.412 e. The number of hydrogen-bond donors (Lipinski definition) is 3. The Balaban J connectivity index is 2.50. The van der Waals surface area contributed by atoms with Gasteiger partial charge in [0.05, 0.1) is 29.7 Å². The van der Waals surface area contributed by atoms with Gasteiger partial charge in [0.15, 0.2) is 0 Å². The van der Waals surface area contributed by atoms with Crippen molar-refractivity contribution in [3.63, 3.8) is 0 Å². The van der Waals surface area contributed by atoms with Crippen LogP contribution < -0.4 is 5.73 Å². The standard InChI is InChI=1S/C27H37F3N2O5S/c1-15-7-6-8-18(27(28,29)30)9-10-20(16(2)11-19-14-38-22(13-31)32-19)37-23(34)12-21(33)26(4,5)25(36)17(3)24(15)35/h6-7,9,11,14-15,17,20-21,24,33,35H,8,10,12-13,31H2,1-5H3/b7-6+,16-11+,18-9+/t15?,17?,20?,21-,24?/m0/s1. The molecule has 0 aliphatic carbocycles. The summed E-state index contributed by atoms with van der Waals surface area (Å²) >= 11 is 1.33. The van der Waals surface area contributed by atoms with Crippen molar-refractivity contribution in [2.45, 2.75) is 84.9 Å². The van der Waals surface area contributed by atoms with Gasteiger partial charge in [0.2, 0.25) is 0 Å². The number of Topliss-reactive ketones (excluding diaryl/α,β-unsaturated/α-hetero) is 1. The van der Waals surface area contributed by atoms with Gasteiger partial charge < -0.3 is 20.7 Å². The summed E-state index contributed by atoms with van der Waals surface area (Å²) in [7, 11) is 0. The molecule has 38 heavy (non-hydrogen) atoms. The number of hydrogen-bond acceptors (Lipinski definition) is 8. The number of aliphatic hydroxyl groups is 2. The van der Waals surface area contributed by atoms with Gasteiger partial charge in [-0.3, -0.25) is 9.59 Å². The third-order valence-corrected chi connectivity index (χ3v) is 7.80. The quantitative estimate of drug-likeness (QED) is 0.362. The van der Waals surface area contributed by atoms with Gasteiger partial charge in [-0.05, 0) is 25.0 Å². The minimum Gasteiger partial charge on any atom is -0.457 e. The zero-order valence-corrected chi connectivity index (χ0v) is 23.1. The van der Waals surface area contributed by atoms with Crippen molar-refractivity contribution in [2.24, 2.45) is 23.0 Å². The average Bonchev–Trinajstić information content (AvgIpc) is 3.29. The van der Waals surface area contributed by atoms with Crippen LogP contribution in [-0.4, -0.2) is 51.4 Å². The van der Waals surface area contributed by atoms with Crippen LogP contribution in [0.2, 0.25) is 0 Å². The predicted octanol–water partition coefficient (Wildman–Crippen LogP) is 4.74. The second-order valence-corrected chi connectivity index (χ2v) is 11.2. The highest BCUT2D eigenvalue weighted by molar-refractivity contribution is 7.09. The van der Waals surface area contributed by atoms with Crippen molar-refractivity contribution in [1.82, 2.24) is 4.98 Å². The first kappa shape index (κ1) is 31.9. The van der Waals surface area contributed by atoms with Crippen molar-refractivity contribution in [1.29, 1.82) is 0 Å². The minimum atomic E-state index is -4.63. The van der Waals surface area contributed by atoms with Crippen molar-refractivity contribution in [3.05, 3.63) is 45.5 Å². The van der Waals surface area contributed by atoms with Crippen LogP contribution in [0.3, 0.4) is 0 Å². The van der Waals surface area contributed by atoms with Gasteiger partial charge in [-0.15, -0.1) is 11.3 Å². The molecular weight excluding hydrogens is 521 g/mol.